The highest BCUT2D eigenvalue weighted by molar-refractivity contribution is 6.38. The number of fused-ring (bicyclic) bond motifs is 1. The van der Waals surface area contributed by atoms with Crippen molar-refractivity contribution in [3.63, 3.8) is 0 Å². The van der Waals surface area contributed by atoms with E-state index in [0.717, 1.165) is 10.9 Å². The predicted octanol–water partition coefficient (Wildman–Crippen LogP) is 2.28. The third-order valence-corrected chi connectivity index (χ3v) is 2.97. The van der Waals surface area contributed by atoms with Crippen LogP contribution in [0.15, 0.2) is 24.3 Å². The molecule has 2 aromatic rings. The minimum absolute atomic E-state index is 0.0300. The van der Waals surface area contributed by atoms with Gasteiger partial charge in [-0.1, -0.05) is 29.8 Å². The van der Waals surface area contributed by atoms with Gasteiger partial charge in [0.25, 0.3) is 0 Å². The van der Waals surface area contributed by atoms with E-state index < -0.39 is 5.97 Å². The maximum absolute atomic E-state index is 11.3. The number of benzene rings is 1. The van der Waals surface area contributed by atoms with Gasteiger partial charge in [0.15, 0.2) is 6.29 Å². The van der Waals surface area contributed by atoms with Crippen molar-refractivity contribution in [1.29, 1.82) is 0 Å². The largest absolute Gasteiger partial charge is 0.468 e. The number of rotatable bonds is 3. The molecule has 0 unspecified atom stereocenters. The SMILES string of the molecule is COC(=O)Cn1c(C=O)c(Cl)c2ccccc21. The number of carbonyl (C=O) groups excluding carboxylic acids is 2. The normalized spacial score (nSPS) is 10.5. The topological polar surface area (TPSA) is 48.3 Å². The number of ether oxygens (including phenoxy) is 1. The van der Waals surface area contributed by atoms with Crippen molar-refractivity contribution in [2.45, 2.75) is 6.54 Å². The molecule has 0 bridgehead atoms. The van der Waals surface area contributed by atoms with Crippen molar-refractivity contribution >= 4 is 34.8 Å². The number of aldehydes is 1. The Labute approximate surface area is 103 Å². The molecule has 0 aliphatic carbocycles. The Hall–Kier alpha value is -1.81. The van der Waals surface area contributed by atoms with E-state index in [2.05, 4.69) is 4.74 Å². The number of hydrogen-bond donors (Lipinski definition) is 0. The molecule has 5 heteroatoms. The summed E-state index contributed by atoms with van der Waals surface area (Å²) in [4.78, 5) is 22.3. The standard InChI is InChI=1S/C12H10ClNO3/c1-17-11(16)6-14-9-5-3-2-4-8(9)12(13)10(14)7-15/h2-5,7H,6H2,1H3. The molecule has 0 amide bonds. The van der Waals surface area contributed by atoms with Gasteiger partial charge in [0.05, 0.1) is 17.6 Å². The van der Waals surface area contributed by atoms with Crippen LogP contribution in [0.25, 0.3) is 10.9 Å². The van der Waals surface area contributed by atoms with Gasteiger partial charge in [-0.05, 0) is 6.07 Å². The number of esters is 1. The number of hydrogen-bond acceptors (Lipinski definition) is 3. The number of methoxy groups -OCH3 is 1. The number of nitrogens with zero attached hydrogens (tertiary/aromatic N) is 1. The van der Waals surface area contributed by atoms with Crippen molar-refractivity contribution in [3.05, 3.63) is 35.0 Å². The lowest BCUT2D eigenvalue weighted by atomic mass is 10.2. The minimum atomic E-state index is -0.425. The predicted molar refractivity (Wildman–Crippen MR) is 64.4 cm³/mol. The molecule has 1 aromatic carbocycles. The summed E-state index contributed by atoms with van der Waals surface area (Å²) in [6.45, 7) is -0.0300. The first-order chi connectivity index (χ1) is 8.19. The molecule has 4 nitrogen and oxygen atoms in total. The van der Waals surface area contributed by atoms with Crippen LogP contribution in [0.4, 0.5) is 0 Å². The van der Waals surface area contributed by atoms with Gasteiger partial charge in [0, 0.05) is 5.39 Å². The van der Waals surface area contributed by atoms with E-state index >= 15 is 0 Å². The van der Waals surface area contributed by atoms with E-state index in [0.29, 0.717) is 17.0 Å². The molecule has 0 N–H and O–H groups in total. The summed E-state index contributed by atoms with van der Waals surface area (Å²) in [5, 5.41) is 1.11. The highest BCUT2D eigenvalue weighted by atomic mass is 35.5. The molecule has 0 fully saturated rings. The molecule has 88 valence electrons. The monoisotopic (exact) mass is 251 g/mol. The van der Waals surface area contributed by atoms with Crippen LogP contribution in [0.1, 0.15) is 10.5 Å². The van der Waals surface area contributed by atoms with E-state index in [-0.39, 0.29) is 6.54 Å². The zero-order valence-electron chi connectivity index (χ0n) is 9.14. The Morgan fingerprint density at radius 2 is 2.18 bits per heavy atom. The van der Waals surface area contributed by atoms with Gasteiger partial charge in [-0.15, -0.1) is 0 Å². The highest BCUT2D eigenvalue weighted by Gasteiger charge is 2.16. The molecule has 0 saturated carbocycles. The summed E-state index contributed by atoms with van der Waals surface area (Å²) < 4.78 is 6.15. The number of para-hydroxylation sites is 1. The van der Waals surface area contributed by atoms with Crippen LogP contribution in [0.5, 0.6) is 0 Å². The summed E-state index contributed by atoms with van der Waals surface area (Å²) >= 11 is 6.08. The van der Waals surface area contributed by atoms with Crippen molar-refractivity contribution < 1.29 is 14.3 Å². The Morgan fingerprint density at radius 3 is 2.82 bits per heavy atom. The molecular formula is C12H10ClNO3. The first-order valence-electron chi connectivity index (χ1n) is 4.97. The molecule has 2 rings (SSSR count). The summed E-state index contributed by atoms with van der Waals surface area (Å²) in [6, 6.07) is 7.25. The Morgan fingerprint density at radius 1 is 1.47 bits per heavy atom. The first-order valence-corrected chi connectivity index (χ1v) is 5.35. The lowest BCUT2D eigenvalue weighted by Crippen LogP contribution is -2.13. The molecule has 0 aliphatic heterocycles. The summed E-state index contributed by atoms with van der Waals surface area (Å²) in [7, 11) is 1.30. The van der Waals surface area contributed by atoms with Crippen LogP contribution >= 0.6 is 11.6 Å². The second kappa shape index (κ2) is 4.59. The lowest BCUT2D eigenvalue weighted by Gasteiger charge is -2.05. The van der Waals surface area contributed by atoms with Gasteiger partial charge < -0.3 is 9.30 Å². The second-order valence-electron chi connectivity index (χ2n) is 3.50. The van der Waals surface area contributed by atoms with Gasteiger partial charge in [-0.3, -0.25) is 9.59 Å². The number of carbonyl (C=O) groups is 2. The second-order valence-corrected chi connectivity index (χ2v) is 3.87. The van der Waals surface area contributed by atoms with E-state index in [1.165, 1.54) is 7.11 Å². The smallest absolute Gasteiger partial charge is 0.325 e. The van der Waals surface area contributed by atoms with Crippen LogP contribution in [-0.4, -0.2) is 23.9 Å². The van der Waals surface area contributed by atoms with E-state index in [1.54, 1.807) is 16.7 Å². The molecule has 0 saturated heterocycles. The minimum Gasteiger partial charge on any atom is -0.468 e. The maximum Gasteiger partial charge on any atom is 0.325 e. The Balaban J connectivity index is 2.66. The van der Waals surface area contributed by atoms with Gasteiger partial charge in [-0.2, -0.15) is 0 Å². The molecular weight excluding hydrogens is 242 g/mol. The molecule has 0 radical (unpaired) electrons. The third-order valence-electron chi connectivity index (χ3n) is 2.57. The van der Waals surface area contributed by atoms with Crippen LogP contribution in [0.3, 0.4) is 0 Å². The third kappa shape index (κ3) is 1.91. The number of aromatic nitrogens is 1. The van der Waals surface area contributed by atoms with Crippen molar-refractivity contribution in [2.24, 2.45) is 0 Å². The van der Waals surface area contributed by atoms with Gasteiger partial charge in [0.1, 0.15) is 12.2 Å². The van der Waals surface area contributed by atoms with Gasteiger partial charge >= 0.3 is 5.97 Å². The van der Waals surface area contributed by atoms with E-state index in [1.807, 2.05) is 12.1 Å². The van der Waals surface area contributed by atoms with Crippen LogP contribution in [0, 0.1) is 0 Å². The molecule has 17 heavy (non-hydrogen) atoms. The quantitative estimate of drug-likeness (QED) is 0.621. The fourth-order valence-corrected chi connectivity index (χ4v) is 2.07. The fourth-order valence-electron chi connectivity index (χ4n) is 1.76. The molecule has 0 spiro atoms. The maximum atomic E-state index is 11.3. The van der Waals surface area contributed by atoms with Gasteiger partial charge in [-0.25, -0.2) is 0 Å². The molecule has 1 aromatic heterocycles. The van der Waals surface area contributed by atoms with E-state index in [4.69, 9.17) is 11.6 Å². The lowest BCUT2D eigenvalue weighted by molar-refractivity contribution is -0.141. The average Bonchev–Trinajstić information content (AvgIpc) is 2.63. The summed E-state index contributed by atoms with van der Waals surface area (Å²) in [5.74, 6) is -0.425. The zero-order valence-corrected chi connectivity index (χ0v) is 9.90. The van der Waals surface area contributed by atoms with E-state index in [9.17, 15) is 9.59 Å². The van der Waals surface area contributed by atoms with Crippen LogP contribution in [-0.2, 0) is 16.1 Å². The molecule has 0 atom stereocenters. The highest BCUT2D eigenvalue weighted by Crippen LogP contribution is 2.29. The van der Waals surface area contributed by atoms with Crippen molar-refractivity contribution in [2.75, 3.05) is 7.11 Å². The average molecular weight is 252 g/mol. The molecule has 1 heterocycles. The van der Waals surface area contributed by atoms with Crippen LogP contribution in [0.2, 0.25) is 5.02 Å². The Bertz CT molecular complexity index is 589. The number of halogens is 1. The summed E-state index contributed by atoms with van der Waals surface area (Å²) in [6.07, 6.45) is 0.644. The zero-order chi connectivity index (χ0) is 12.4. The first kappa shape index (κ1) is 11.7. The van der Waals surface area contributed by atoms with Gasteiger partial charge in [0.2, 0.25) is 0 Å². The van der Waals surface area contributed by atoms with Crippen LogP contribution < -0.4 is 0 Å². The fraction of sp³-hybridized carbons (Fsp3) is 0.167. The molecule has 0 aliphatic rings. The Kier molecular flexibility index (Phi) is 3.15. The van der Waals surface area contributed by atoms with Crippen molar-refractivity contribution in [1.82, 2.24) is 4.57 Å². The van der Waals surface area contributed by atoms with Crippen molar-refractivity contribution in [3.8, 4) is 0 Å². The summed E-state index contributed by atoms with van der Waals surface area (Å²) in [5.41, 5.74) is 1.03.